The molecule has 5 rings (SSSR count). The highest BCUT2D eigenvalue weighted by molar-refractivity contribution is 5.49. The van der Waals surface area contributed by atoms with Crippen LogP contribution in [-0.4, -0.2) is 22.8 Å². The Hall–Kier alpha value is -3.99. The lowest BCUT2D eigenvalue weighted by atomic mass is 9.98. The minimum absolute atomic E-state index is 0.135. The van der Waals surface area contributed by atoms with Gasteiger partial charge in [-0.3, -0.25) is 4.57 Å². The molecule has 4 aromatic rings. The zero-order chi connectivity index (χ0) is 24.7. The fourth-order valence-electron chi connectivity index (χ4n) is 4.99. The Morgan fingerprint density at radius 3 is 2.25 bits per heavy atom. The summed E-state index contributed by atoms with van der Waals surface area (Å²) in [6, 6.07) is 26.1. The smallest absolute Gasteiger partial charge is 0.326 e. The summed E-state index contributed by atoms with van der Waals surface area (Å²) < 4.78 is 13.6. The van der Waals surface area contributed by atoms with Crippen molar-refractivity contribution in [3.8, 4) is 11.5 Å². The van der Waals surface area contributed by atoms with Gasteiger partial charge in [0.1, 0.15) is 0 Å². The summed E-state index contributed by atoms with van der Waals surface area (Å²) in [5.74, 6) is 1.57. The number of hydrogen-bond donors (Lipinski definition) is 1. The molecular formula is C31H32N2O3. The Morgan fingerprint density at radius 1 is 0.944 bits per heavy atom. The second-order valence-corrected chi connectivity index (χ2v) is 9.23. The zero-order valence-corrected chi connectivity index (χ0v) is 20.6. The highest BCUT2D eigenvalue weighted by Gasteiger charge is 2.21. The van der Waals surface area contributed by atoms with Gasteiger partial charge in [-0.1, -0.05) is 72.8 Å². The van der Waals surface area contributed by atoms with E-state index in [9.17, 15) is 4.79 Å². The van der Waals surface area contributed by atoms with E-state index in [1.165, 1.54) is 12.8 Å². The second kappa shape index (κ2) is 11.2. The number of benzene rings is 3. The number of H-pyrrole nitrogens is 1. The maximum absolute atomic E-state index is 13.0. The van der Waals surface area contributed by atoms with Gasteiger partial charge in [-0.15, -0.1) is 0 Å². The molecule has 0 spiro atoms. The third kappa shape index (κ3) is 5.30. The average molecular weight is 481 g/mol. The number of methoxy groups -OCH3 is 1. The van der Waals surface area contributed by atoms with Crippen LogP contribution in [0, 0.1) is 0 Å². The molecule has 1 saturated carbocycles. The summed E-state index contributed by atoms with van der Waals surface area (Å²) >= 11 is 0. The predicted molar refractivity (Wildman–Crippen MR) is 144 cm³/mol. The van der Waals surface area contributed by atoms with Gasteiger partial charge in [0.05, 0.1) is 24.9 Å². The monoisotopic (exact) mass is 480 g/mol. The molecule has 1 N–H and O–H groups in total. The Balaban J connectivity index is 1.41. The first kappa shape index (κ1) is 23.7. The number of rotatable bonds is 9. The molecule has 0 atom stereocenters. The fourth-order valence-corrected chi connectivity index (χ4v) is 4.99. The summed E-state index contributed by atoms with van der Waals surface area (Å²) in [4.78, 5) is 15.9. The number of hydrogen-bond acceptors (Lipinski definition) is 3. The summed E-state index contributed by atoms with van der Waals surface area (Å²) in [5.41, 5.74) is 3.94. The molecule has 0 bridgehead atoms. The molecule has 1 aliphatic carbocycles. The third-order valence-electron chi connectivity index (χ3n) is 6.80. The van der Waals surface area contributed by atoms with Crippen LogP contribution in [0.4, 0.5) is 0 Å². The lowest BCUT2D eigenvalue weighted by molar-refractivity contribution is 0.200. The summed E-state index contributed by atoms with van der Waals surface area (Å²) in [5, 5.41) is 0. The van der Waals surface area contributed by atoms with Gasteiger partial charge in [-0.25, -0.2) is 4.79 Å². The number of nitrogens with one attached hydrogen (secondary N) is 1. The second-order valence-electron chi connectivity index (χ2n) is 9.23. The number of nitrogens with zero attached hydrogens (tertiary/aromatic N) is 1. The van der Waals surface area contributed by atoms with E-state index in [1.54, 1.807) is 13.3 Å². The van der Waals surface area contributed by atoms with Crippen molar-refractivity contribution in [3.05, 3.63) is 124 Å². The summed E-state index contributed by atoms with van der Waals surface area (Å²) in [7, 11) is 1.68. The Kier molecular flexibility index (Phi) is 7.36. The maximum atomic E-state index is 13.0. The SMILES string of the molecule is COc1ccc(CC=Cc2c[nH]c(=O)n2C(c2ccccc2)c2ccccc2)cc1OC1CCCC1. The van der Waals surface area contributed by atoms with Crippen molar-refractivity contribution in [2.45, 2.75) is 44.2 Å². The van der Waals surface area contributed by atoms with Crippen molar-refractivity contribution in [1.82, 2.24) is 9.55 Å². The lowest BCUT2D eigenvalue weighted by Gasteiger charge is -2.20. The van der Waals surface area contributed by atoms with E-state index >= 15 is 0 Å². The number of imidazole rings is 1. The minimum atomic E-state index is -0.224. The minimum Gasteiger partial charge on any atom is -0.493 e. The Morgan fingerprint density at radius 2 is 1.61 bits per heavy atom. The van der Waals surface area contributed by atoms with Crippen LogP contribution >= 0.6 is 0 Å². The molecular weight excluding hydrogens is 448 g/mol. The Bertz CT molecular complexity index is 1310. The van der Waals surface area contributed by atoms with Crippen LogP contribution in [-0.2, 0) is 6.42 Å². The van der Waals surface area contributed by atoms with Crippen LogP contribution in [0.25, 0.3) is 6.08 Å². The topological polar surface area (TPSA) is 56.2 Å². The van der Waals surface area contributed by atoms with Crippen LogP contribution < -0.4 is 15.2 Å². The van der Waals surface area contributed by atoms with E-state index in [1.807, 2.05) is 53.1 Å². The molecule has 1 fully saturated rings. The molecule has 0 radical (unpaired) electrons. The van der Waals surface area contributed by atoms with Crippen molar-refractivity contribution >= 4 is 6.08 Å². The molecule has 0 amide bonds. The predicted octanol–water partition coefficient (Wildman–Crippen LogP) is 6.40. The zero-order valence-electron chi connectivity index (χ0n) is 20.6. The van der Waals surface area contributed by atoms with Gasteiger partial charge in [-0.05, 0) is 67.0 Å². The highest BCUT2D eigenvalue weighted by atomic mass is 16.5. The number of allylic oxidation sites excluding steroid dienone is 1. The molecule has 36 heavy (non-hydrogen) atoms. The van der Waals surface area contributed by atoms with E-state index in [4.69, 9.17) is 9.47 Å². The van der Waals surface area contributed by atoms with Gasteiger partial charge in [0.25, 0.3) is 0 Å². The van der Waals surface area contributed by atoms with E-state index < -0.39 is 0 Å². The number of aromatic amines is 1. The number of ether oxygens (including phenoxy) is 2. The first-order valence-corrected chi connectivity index (χ1v) is 12.6. The molecule has 184 valence electrons. The van der Waals surface area contributed by atoms with E-state index in [2.05, 4.69) is 47.5 Å². The molecule has 0 saturated heterocycles. The first-order valence-electron chi connectivity index (χ1n) is 12.6. The van der Waals surface area contributed by atoms with Gasteiger partial charge in [0, 0.05) is 6.20 Å². The third-order valence-corrected chi connectivity index (χ3v) is 6.80. The van der Waals surface area contributed by atoms with Crippen LogP contribution in [0.2, 0.25) is 0 Å². The van der Waals surface area contributed by atoms with Crippen molar-refractivity contribution in [1.29, 1.82) is 0 Å². The maximum Gasteiger partial charge on any atom is 0.326 e. The summed E-state index contributed by atoms with van der Waals surface area (Å²) in [6.45, 7) is 0. The van der Waals surface area contributed by atoms with E-state index in [0.717, 1.165) is 46.7 Å². The largest absolute Gasteiger partial charge is 0.493 e. The van der Waals surface area contributed by atoms with E-state index in [0.29, 0.717) is 6.42 Å². The summed E-state index contributed by atoms with van der Waals surface area (Å²) in [6.07, 6.45) is 11.5. The molecule has 0 aliphatic heterocycles. The van der Waals surface area contributed by atoms with Crippen LogP contribution in [0.5, 0.6) is 11.5 Å². The van der Waals surface area contributed by atoms with Crippen molar-refractivity contribution < 1.29 is 9.47 Å². The van der Waals surface area contributed by atoms with Gasteiger partial charge >= 0.3 is 5.69 Å². The van der Waals surface area contributed by atoms with E-state index in [-0.39, 0.29) is 17.8 Å². The average Bonchev–Trinajstić information content (AvgIpc) is 3.56. The Labute approximate surface area is 212 Å². The van der Waals surface area contributed by atoms with Gasteiger partial charge in [0.15, 0.2) is 11.5 Å². The molecule has 3 aromatic carbocycles. The highest BCUT2D eigenvalue weighted by Crippen LogP contribution is 2.33. The molecule has 1 aliphatic rings. The van der Waals surface area contributed by atoms with Crippen LogP contribution in [0.15, 0.2) is 95.9 Å². The first-order chi connectivity index (χ1) is 17.7. The standard InChI is InChI=1S/C31H32N2O3/c1-35-28-20-19-23(21-29(28)36-27-17-8-9-18-27)11-10-16-26-22-32-31(34)33(26)30(24-12-4-2-5-13-24)25-14-6-3-7-15-25/h2-7,10,12-16,19-22,27,30H,8-9,11,17-18H2,1H3,(H,32,34). The molecule has 1 heterocycles. The molecule has 0 unspecified atom stereocenters. The molecule has 5 nitrogen and oxygen atoms in total. The number of aromatic nitrogens is 2. The fraction of sp³-hybridized carbons (Fsp3) is 0.258. The van der Waals surface area contributed by atoms with Gasteiger partial charge in [0.2, 0.25) is 0 Å². The van der Waals surface area contributed by atoms with Gasteiger partial charge < -0.3 is 14.5 Å². The lowest BCUT2D eigenvalue weighted by Crippen LogP contribution is -2.25. The molecule has 5 heteroatoms. The quantitative estimate of drug-likeness (QED) is 0.302. The normalized spacial score (nSPS) is 14.1. The van der Waals surface area contributed by atoms with Crippen LogP contribution in [0.3, 0.4) is 0 Å². The van der Waals surface area contributed by atoms with Crippen molar-refractivity contribution in [3.63, 3.8) is 0 Å². The van der Waals surface area contributed by atoms with Crippen LogP contribution in [0.1, 0.15) is 54.1 Å². The molecule has 1 aromatic heterocycles. The van der Waals surface area contributed by atoms with Crippen molar-refractivity contribution in [2.24, 2.45) is 0 Å². The van der Waals surface area contributed by atoms with Crippen molar-refractivity contribution in [2.75, 3.05) is 7.11 Å². The van der Waals surface area contributed by atoms with Gasteiger partial charge in [-0.2, -0.15) is 0 Å².